The Balaban J connectivity index is 1.72. The van der Waals surface area contributed by atoms with Crippen molar-refractivity contribution in [1.29, 1.82) is 0 Å². The van der Waals surface area contributed by atoms with Crippen LogP contribution in [0.1, 0.15) is 12.5 Å². The molecule has 158 valence electrons. The zero-order chi connectivity index (χ0) is 21.7. The van der Waals surface area contributed by atoms with E-state index in [1.54, 1.807) is 7.05 Å². The third-order valence-corrected chi connectivity index (χ3v) is 6.29. The molecule has 1 aliphatic rings. The Morgan fingerprint density at radius 1 is 1.03 bits per heavy atom. The van der Waals surface area contributed by atoms with Crippen molar-refractivity contribution < 1.29 is 0 Å². The molecule has 0 saturated heterocycles. The summed E-state index contributed by atoms with van der Waals surface area (Å²) in [4.78, 5) is 33.5. The van der Waals surface area contributed by atoms with E-state index >= 15 is 0 Å². The van der Waals surface area contributed by atoms with Gasteiger partial charge in [-0.2, -0.15) is 4.98 Å². The second-order valence-corrected chi connectivity index (χ2v) is 9.02. The van der Waals surface area contributed by atoms with Crippen LogP contribution in [-0.2, 0) is 20.1 Å². The molecule has 3 heterocycles. The van der Waals surface area contributed by atoms with Crippen molar-refractivity contribution in [2.24, 2.45) is 13.0 Å². The molecule has 4 aromatic rings. The van der Waals surface area contributed by atoms with Crippen molar-refractivity contribution in [2.45, 2.75) is 20.0 Å². The Bertz CT molecular complexity index is 1390. The fraction of sp³-hybridized carbons (Fsp3) is 0.261. The Hall–Kier alpha value is -3.13. The van der Waals surface area contributed by atoms with Crippen LogP contribution in [0.4, 0.5) is 11.6 Å². The number of imidazole rings is 1. The Kier molecular flexibility index (Phi) is 4.81. The highest BCUT2D eigenvalue weighted by Crippen LogP contribution is 2.32. The van der Waals surface area contributed by atoms with Crippen molar-refractivity contribution in [3.05, 3.63) is 85.5 Å². The number of aromatic nitrogens is 4. The smallest absolute Gasteiger partial charge is 0.312 e. The number of nitrogens with zero attached hydrogens (tertiary/aromatic N) is 5. The molecule has 0 spiro atoms. The van der Waals surface area contributed by atoms with E-state index in [1.807, 2.05) is 59.2 Å². The van der Waals surface area contributed by atoms with Gasteiger partial charge in [0, 0.05) is 30.3 Å². The highest BCUT2D eigenvalue weighted by atomic mass is 79.9. The molecule has 0 unspecified atom stereocenters. The number of para-hydroxylation sites is 1. The minimum Gasteiger partial charge on any atom is -0.312 e. The number of fused-ring (bicyclic) bond motifs is 3. The Morgan fingerprint density at radius 2 is 1.74 bits per heavy atom. The minimum atomic E-state index is -0.366. The summed E-state index contributed by atoms with van der Waals surface area (Å²) >= 11 is 3.42. The van der Waals surface area contributed by atoms with Crippen molar-refractivity contribution in [3.8, 4) is 0 Å². The quantitative estimate of drug-likeness (QED) is 0.451. The third kappa shape index (κ3) is 3.31. The van der Waals surface area contributed by atoms with Gasteiger partial charge in [0.05, 0.1) is 6.54 Å². The van der Waals surface area contributed by atoms with Crippen LogP contribution in [0, 0.1) is 5.92 Å². The molecule has 0 saturated carbocycles. The topological polar surface area (TPSA) is 65.1 Å². The normalized spacial score (nSPS) is 16.0. The zero-order valence-corrected chi connectivity index (χ0v) is 18.9. The molecular formula is C23H22BrN5O2. The predicted octanol–water partition coefficient (Wildman–Crippen LogP) is 3.50. The molecule has 0 aliphatic carbocycles. The van der Waals surface area contributed by atoms with E-state index in [9.17, 15) is 9.59 Å². The summed E-state index contributed by atoms with van der Waals surface area (Å²) in [6, 6.07) is 17.7. The van der Waals surface area contributed by atoms with Crippen molar-refractivity contribution in [2.75, 3.05) is 11.4 Å². The maximum absolute atomic E-state index is 13.5. The van der Waals surface area contributed by atoms with Gasteiger partial charge in [-0.25, -0.2) is 4.79 Å². The number of benzene rings is 2. The molecule has 5 rings (SSSR count). The van der Waals surface area contributed by atoms with Crippen LogP contribution in [0.3, 0.4) is 0 Å². The molecule has 31 heavy (non-hydrogen) atoms. The lowest BCUT2D eigenvalue weighted by atomic mass is 10.1. The fourth-order valence-corrected chi connectivity index (χ4v) is 4.51. The molecule has 0 N–H and O–H groups in total. The molecule has 2 aromatic carbocycles. The van der Waals surface area contributed by atoms with Gasteiger partial charge in [0.2, 0.25) is 5.95 Å². The second kappa shape index (κ2) is 7.53. The summed E-state index contributed by atoms with van der Waals surface area (Å²) in [5.74, 6) is 1.02. The average molecular weight is 480 g/mol. The Morgan fingerprint density at radius 3 is 2.45 bits per heavy atom. The van der Waals surface area contributed by atoms with E-state index in [0.29, 0.717) is 29.6 Å². The van der Waals surface area contributed by atoms with Crippen LogP contribution in [0.25, 0.3) is 11.2 Å². The van der Waals surface area contributed by atoms with E-state index in [2.05, 4.69) is 27.8 Å². The summed E-state index contributed by atoms with van der Waals surface area (Å²) in [6.45, 7) is 3.86. The van der Waals surface area contributed by atoms with E-state index < -0.39 is 0 Å². The van der Waals surface area contributed by atoms with Crippen LogP contribution < -0.4 is 16.1 Å². The summed E-state index contributed by atoms with van der Waals surface area (Å²) < 4.78 is 5.70. The molecule has 7 nitrogen and oxygen atoms in total. The standard InChI is InChI=1S/C23H22BrN5O2/c1-15-12-27(18-6-4-3-5-7-18)22-25-20-19(28(22)13-15)21(30)29(23(31)26(20)2)14-16-8-10-17(24)11-9-16/h3-11,15H,12-14H2,1-2H3/t15-/m0/s1. The summed E-state index contributed by atoms with van der Waals surface area (Å²) in [5.41, 5.74) is 2.14. The van der Waals surface area contributed by atoms with Gasteiger partial charge in [-0.1, -0.05) is 53.2 Å². The Labute approximate surface area is 187 Å². The largest absolute Gasteiger partial charge is 0.332 e. The molecule has 0 bridgehead atoms. The van der Waals surface area contributed by atoms with Crippen molar-refractivity contribution >= 4 is 38.7 Å². The number of aryl methyl sites for hydroxylation is 1. The second-order valence-electron chi connectivity index (χ2n) is 8.11. The van der Waals surface area contributed by atoms with Gasteiger partial charge in [-0.05, 0) is 35.7 Å². The van der Waals surface area contributed by atoms with Crippen LogP contribution in [0.5, 0.6) is 0 Å². The predicted molar refractivity (Wildman–Crippen MR) is 125 cm³/mol. The number of hydrogen-bond acceptors (Lipinski definition) is 4. The molecule has 8 heteroatoms. The van der Waals surface area contributed by atoms with Crippen LogP contribution >= 0.6 is 15.9 Å². The highest BCUT2D eigenvalue weighted by molar-refractivity contribution is 9.10. The monoisotopic (exact) mass is 479 g/mol. The number of hydrogen-bond donors (Lipinski definition) is 0. The van der Waals surface area contributed by atoms with Crippen LogP contribution in [-0.4, -0.2) is 25.2 Å². The van der Waals surface area contributed by atoms with Gasteiger partial charge < -0.3 is 9.47 Å². The first kappa shape index (κ1) is 19.8. The fourth-order valence-electron chi connectivity index (χ4n) is 4.24. The third-order valence-electron chi connectivity index (χ3n) is 5.76. The van der Waals surface area contributed by atoms with Crippen molar-refractivity contribution in [1.82, 2.24) is 18.7 Å². The summed E-state index contributed by atoms with van der Waals surface area (Å²) in [7, 11) is 1.68. The van der Waals surface area contributed by atoms with E-state index in [1.165, 1.54) is 9.13 Å². The van der Waals surface area contributed by atoms with Crippen LogP contribution in [0.15, 0.2) is 68.7 Å². The highest BCUT2D eigenvalue weighted by Gasteiger charge is 2.29. The first-order valence-electron chi connectivity index (χ1n) is 10.2. The van der Waals surface area contributed by atoms with Gasteiger partial charge in [0.15, 0.2) is 11.2 Å². The lowest BCUT2D eigenvalue weighted by Crippen LogP contribution is -2.40. The lowest BCUT2D eigenvalue weighted by Gasteiger charge is -2.32. The zero-order valence-electron chi connectivity index (χ0n) is 17.3. The molecule has 1 aliphatic heterocycles. The summed E-state index contributed by atoms with van der Waals surface area (Å²) in [6.07, 6.45) is 0. The first-order chi connectivity index (χ1) is 14.9. The average Bonchev–Trinajstić information content (AvgIpc) is 3.16. The minimum absolute atomic E-state index is 0.215. The molecular weight excluding hydrogens is 458 g/mol. The summed E-state index contributed by atoms with van der Waals surface area (Å²) in [5, 5.41) is 0. The maximum atomic E-state index is 13.5. The van der Waals surface area contributed by atoms with E-state index in [-0.39, 0.29) is 17.8 Å². The lowest BCUT2D eigenvalue weighted by molar-refractivity contribution is 0.458. The molecule has 1 atom stereocenters. The van der Waals surface area contributed by atoms with Crippen molar-refractivity contribution in [3.63, 3.8) is 0 Å². The van der Waals surface area contributed by atoms with Crippen LogP contribution in [0.2, 0.25) is 0 Å². The van der Waals surface area contributed by atoms with E-state index in [0.717, 1.165) is 22.3 Å². The molecule has 0 radical (unpaired) electrons. The molecule has 0 fully saturated rings. The maximum Gasteiger partial charge on any atom is 0.332 e. The number of anilines is 2. The molecule has 2 aromatic heterocycles. The first-order valence-corrected chi connectivity index (χ1v) is 11.0. The SMILES string of the molecule is C[C@H]1CN(c2ccccc2)c2nc3c(c(=O)n(Cc4ccc(Br)cc4)c(=O)n3C)n2C1. The van der Waals surface area contributed by atoms with Gasteiger partial charge in [0.25, 0.3) is 5.56 Å². The number of rotatable bonds is 3. The van der Waals surface area contributed by atoms with Gasteiger partial charge in [0.1, 0.15) is 0 Å². The number of halogens is 1. The van der Waals surface area contributed by atoms with Gasteiger partial charge >= 0.3 is 5.69 Å². The van der Waals surface area contributed by atoms with E-state index in [4.69, 9.17) is 4.98 Å². The van der Waals surface area contributed by atoms with Gasteiger partial charge in [-0.3, -0.25) is 13.9 Å². The van der Waals surface area contributed by atoms with Gasteiger partial charge in [-0.15, -0.1) is 0 Å². The molecule has 0 amide bonds.